The lowest BCUT2D eigenvalue weighted by molar-refractivity contribution is -0.334. The average Bonchev–Trinajstić information content (AvgIpc) is 1.58. The van der Waals surface area contributed by atoms with Gasteiger partial charge in [0.15, 0.2) is 0 Å². The molecule has 6 heteroatoms. The third-order valence-electron chi connectivity index (χ3n) is 1.12. The van der Waals surface area contributed by atoms with E-state index in [0.29, 0.717) is 13.8 Å². The van der Waals surface area contributed by atoms with Crippen molar-refractivity contribution in [2.24, 2.45) is 0 Å². The Morgan fingerprint density at radius 3 is 1.18 bits per heavy atom. The van der Waals surface area contributed by atoms with E-state index >= 15 is 0 Å². The van der Waals surface area contributed by atoms with Crippen molar-refractivity contribution in [3.8, 4) is 0 Å². The van der Waals surface area contributed by atoms with Crippen molar-refractivity contribution in [1.29, 1.82) is 0 Å². The van der Waals surface area contributed by atoms with Gasteiger partial charge in [-0.3, -0.25) is 0 Å². The molecular formula is C5H7F5O. The molecule has 0 unspecified atom stereocenters. The summed E-state index contributed by atoms with van der Waals surface area (Å²) in [4.78, 5) is 0. The summed E-state index contributed by atoms with van der Waals surface area (Å²) in [5.41, 5.74) is -3.08. The van der Waals surface area contributed by atoms with Gasteiger partial charge in [0.05, 0.1) is 0 Å². The molecule has 0 radical (unpaired) electrons. The zero-order valence-electron chi connectivity index (χ0n) is 5.84. The molecule has 0 bridgehead atoms. The van der Waals surface area contributed by atoms with Gasteiger partial charge in [-0.25, -0.2) is 0 Å². The molecule has 1 N–H and O–H groups in total. The molecule has 0 spiro atoms. The largest absolute Gasteiger partial charge is 0.456 e. The summed E-state index contributed by atoms with van der Waals surface area (Å²) < 4.78 is 58.4. The Bertz CT molecular complexity index is 126. The smallest absolute Gasteiger partial charge is 0.384 e. The zero-order chi connectivity index (χ0) is 9.50. The third-order valence-corrected chi connectivity index (χ3v) is 1.12. The van der Waals surface area contributed by atoms with E-state index in [9.17, 15) is 22.0 Å². The summed E-state index contributed by atoms with van der Waals surface area (Å²) in [5, 5.41) is 8.41. The van der Waals surface area contributed by atoms with E-state index in [1.165, 1.54) is 0 Å². The second-order valence-corrected chi connectivity index (χ2v) is 2.63. The van der Waals surface area contributed by atoms with Crippen LogP contribution in [-0.4, -0.2) is 22.8 Å². The molecule has 0 saturated carbocycles. The molecule has 0 fully saturated rings. The quantitative estimate of drug-likeness (QED) is 0.608. The van der Waals surface area contributed by atoms with Crippen molar-refractivity contribution >= 4 is 0 Å². The van der Waals surface area contributed by atoms with Crippen LogP contribution in [0.25, 0.3) is 0 Å². The van der Waals surface area contributed by atoms with Crippen LogP contribution in [0.15, 0.2) is 0 Å². The first-order valence-corrected chi connectivity index (χ1v) is 2.67. The van der Waals surface area contributed by atoms with E-state index in [4.69, 9.17) is 5.11 Å². The van der Waals surface area contributed by atoms with Crippen LogP contribution in [0.5, 0.6) is 0 Å². The number of aliphatic hydroxyl groups is 1. The molecular weight excluding hydrogens is 171 g/mol. The molecule has 0 aromatic carbocycles. The fraction of sp³-hybridized carbons (Fsp3) is 1.00. The standard InChI is InChI=1S/C5H7F5O/c1-3(2,11)4(6,7)5(8,9)10/h11H,1-2H3. The SMILES string of the molecule is CC(C)(O)C(F)(F)C(F)(F)F. The first kappa shape index (κ1) is 10.6. The van der Waals surface area contributed by atoms with Gasteiger partial charge >= 0.3 is 12.1 Å². The van der Waals surface area contributed by atoms with Gasteiger partial charge in [0.25, 0.3) is 0 Å². The lowest BCUT2D eigenvalue weighted by atomic mass is 10.0. The van der Waals surface area contributed by atoms with Crippen LogP contribution in [0.4, 0.5) is 22.0 Å². The Hall–Kier alpha value is -0.390. The molecule has 0 aromatic heterocycles. The number of hydrogen-bond acceptors (Lipinski definition) is 1. The summed E-state index contributed by atoms with van der Waals surface area (Å²) in [7, 11) is 0. The third kappa shape index (κ3) is 1.79. The number of alkyl halides is 5. The topological polar surface area (TPSA) is 20.2 Å². The minimum Gasteiger partial charge on any atom is -0.384 e. The molecule has 0 atom stereocenters. The highest BCUT2D eigenvalue weighted by Crippen LogP contribution is 2.42. The number of halogens is 5. The van der Waals surface area contributed by atoms with E-state index in [-0.39, 0.29) is 0 Å². The van der Waals surface area contributed by atoms with Gasteiger partial charge in [-0.15, -0.1) is 0 Å². The van der Waals surface area contributed by atoms with Crippen LogP contribution in [0.1, 0.15) is 13.8 Å². The van der Waals surface area contributed by atoms with Crippen molar-refractivity contribution < 1.29 is 27.1 Å². The summed E-state index contributed by atoms with van der Waals surface area (Å²) in [6.45, 7) is 0.807. The van der Waals surface area contributed by atoms with E-state index in [1.54, 1.807) is 0 Å². The Morgan fingerprint density at radius 2 is 1.18 bits per heavy atom. The first-order chi connectivity index (χ1) is 4.50. The summed E-state index contributed by atoms with van der Waals surface area (Å²) in [5.74, 6) is -5.07. The highest BCUT2D eigenvalue weighted by atomic mass is 19.4. The molecule has 0 amide bonds. The summed E-state index contributed by atoms with van der Waals surface area (Å²) in [6.07, 6.45) is -5.70. The van der Waals surface area contributed by atoms with Crippen molar-refractivity contribution in [3.05, 3.63) is 0 Å². The van der Waals surface area contributed by atoms with Crippen LogP contribution >= 0.6 is 0 Å². The van der Waals surface area contributed by atoms with Gasteiger partial charge in [0.1, 0.15) is 5.60 Å². The molecule has 0 rings (SSSR count). The highest BCUT2D eigenvalue weighted by molar-refractivity contribution is 4.90. The van der Waals surface area contributed by atoms with E-state index in [1.807, 2.05) is 0 Å². The summed E-state index contributed by atoms with van der Waals surface area (Å²) >= 11 is 0. The molecule has 0 aromatic rings. The van der Waals surface area contributed by atoms with Gasteiger partial charge in [0.2, 0.25) is 0 Å². The molecule has 0 aliphatic carbocycles. The second-order valence-electron chi connectivity index (χ2n) is 2.63. The van der Waals surface area contributed by atoms with E-state index < -0.39 is 17.7 Å². The maximum absolute atomic E-state index is 12.1. The van der Waals surface area contributed by atoms with Crippen LogP contribution in [0.2, 0.25) is 0 Å². The molecule has 0 saturated heterocycles. The molecule has 0 heterocycles. The number of rotatable bonds is 1. The van der Waals surface area contributed by atoms with Crippen molar-refractivity contribution in [1.82, 2.24) is 0 Å². The monoisotopic (exact) mass is 178 g/mol. The maximum atomic E-state index is 12.1. The lowest BCUT2D eigenvalue weighted by Crippen LogP contribution is -2.53. The normalized spacial score (nSPS) is 15.3. The van der Waals surface area contributed by atoms with Gasteiger partial charge in [-0.05, 0) is 13.8 Å². The van der Waals surface area contributed by atoms with Crippen LogP contribution in [0, 0.1) is 0 Å². The predicted molar refractivity (Wildman–Crippen MR) is 27.3 cm³/mol. The minimum absolute atomic E-state index is 0.403. The molecule has 68 valence electrons. The number of hydrogen-bond donors (Lipinski definition) is 1. The maximum Gasteiger partial charge on any atom is 0.456 e. The van der Waals surface area contributed by atoms with Gasteiger partial charge in [-0.1, -0.05) is 0 Å². The Balaban J connectivity index is 4.75. The lowest BCUT2D eigenvalue weighted by Gasteiger charge is -2.30. The van der Waals surface area contributed by atoms with Gasteiger partial charge in [0, 0.05) is 0 Å². The van der Waals surface area contributed by atoms with E-state index in [0.717, 1.165) is 0 Å². The van der Waals surface area contributed by atoms with Crippen LogP contribution in [0.3, 0.4) is 0 Å². The van der Waals surface area contributed by atoms with Crippen molar-refractivity contribution in [2.45, 2.75) is 31.5 Å². The summed E-state index contributed by atoms with van der Waals surface area (Å²) in [6, 6.07) is 0. The minimum atomic E-state index is -5.70. The molecule has 0 aliphatic rings. The van der Waals surface area contributed by atoms with Gasteiger partial charge < -0.3 is 5.11 Å². The molecule has 0 aliphatic heterocycles. The van der Waals surface area contributed by atoms with Gasteiger partial charge in [-0.2, -0.15) is 22.0 Å². The molecule has 11 heavy (non-hydrogen) atoms. The Labute approximate surface area is 59.8 Å². The zero-order valence-corrected chi connectivity index (χ0v) is 5.84. The Kier molecular flexibility index (Phi) is 2.22. The highest BCUT2D eigenvalue weighted by Gasteiger charge is 2.66. The average molecular weight is 178 g/mol. The fourth-order valence-corrected chi connectivity index (χ4v) is 0.347. The van der Waals surface area contributed by atoms with Crippen LogP contribution in [-0.2, 0) is 0 Å². The van der Waals surface area contributed by atoms with E-state index in [2.05, 4.69) is 0 Å². The Morgan fingerprint density at radius 1 is 0.909 bits per heavy atom. The predicted octanol–water partition coefficient (Wildman–Crippen LogP) is 1.95. The fourth-order valence-electron chi connectivity index (χ4n) is 0.347. The first-order valence-electron chi connectivity index (χ1n) is 2.67. The van der Waals surface area contributed by atoms with Crippen molar-refractivity contribution in [2.75, 3.05) is 0 Å². The van der Waals surface area contributed by atoms with Crippen LogP contribution < -0.4 is 0 Å². The second kappa shape index (κ2) is 2.30. The van der Waals surface area contributed by atoms with Crippen molar-refractivity contribution in [3.63, 3.8) is 0 Å². The molecule has 1 nitrogen and oxygen atoms in total.